The summed E-state index contributed by atoms with van der Waals surface area (Å²) in [5, 5.41) is 5.72. The summed E-state index contributed by atoms with van der Waals surface area (Å²) >= 11 is 0. The summed E-state index contributed by atoms with van der Waals surface area (Å²) in [6, 6.07) is -0.566. The monoisotopic (exact) mass is 400 g/mol. The second-order valence-electron chi connectivity index (χ2n) is 8.78. The molecule has 2 fully saturated rings. The first-order chi connectivity index (χ1) is 13.0. The molecule has 0 bridgehead atoms. The molecule has 2 rings (SSSR count). The molecule has 3 amide bonds. The predicted molar refractivity (Wildman–Crippen MR) is 105 cm³/mol. The maximum Gasteiger partial charge on any atom is 0.412 e. The molecule has 2 atom stereocenters. The zero-order valence-electron chi connectivity index (χ0n) is 18.0. The van der Waals surface area contributed by atoms with Gasteiger partial charge in [-0.3, -0.25) is 9.80 Å². The van der Waals surface area contributed by atoms with Crippen LogP contribution in [-0.4, -0.2) is 91.3 Å². The van der Waals surface area contributed by atoms with Gasteiger partial charge in [0.1, 0.15) is 11.3 Å². The Morgan fingerprint density at radius 2 is 1.82 bits per heavy atom. The SMILES string of the molecule is C[C@@H]1OC(C)(C)N(C(=O)OC(C)(C)C)[C@H]1CNC(=O)NCCN1CCOCC1. The molecule has 2 aliphatic heterocycles. The fourth-order valence-corrected chi connectivity index (χ4v) is 3.54. The number of nitrogens with zero attached hydrogens (tertiary/aromatic N) is 2. The zero-order valence-corrected chi connectivity index (χ0v) is 18.0. The molecule has 0 saturated carbocycles. The summed E-state index contributed by atoms with van der Waals surface area (Å²) in [6.45, 7) is 15.9. The maximum absolute atomic E-state index is 12.7. The fourth-order valence-electron chi connectivity index (χ4n) is 3.54. The van der Waals surface area contributed by atoms with Crippen LogP contribution < -0.4 is 10.6 Å². The molecule has 2 N–H and O–H groups in total. The molecule has 9 nitrogen and oxygen atoms in total. The van der Waals surface area contributed by atoms with Crippen LogP contribution in [0, 0.1) is 0 Å². The van der Waals surface area contributed by atoms with E-state index in [0.717, 1.165) is 32.8 Å². The topological polar surface area (TPSA) is 92.4 Å². The number of urea groups is 1. The second-order valence-corrected chi connectivity index (χ2v) is 8.78. The number of amides is 3. The first kappa shape index (κ1) is 22.7. The Kier molecular flexibility index (Phi) is 7.52. The first-order valence-corrected chi connectivity index (χ1v) is 10.0. The molecule has 0 aromatic heterocycles. The molecule has 2 saturated heterocycles. The highest BCUT2D eigenvalue weighted by atomic mass is 16.6. The Bertz CT molecular complexity index is 543. The quantitative estimate of drug-likeness (QED) is 0.724. The Hall–Kier alpha value is -1.58. The third-order valence-corrected chi connectivity index (χ3v) is 4.81. The van der Waals surface area contributed by atoms with Crippen LogP contribution in [0.4, 0.5) is 9.59 Å². The van der Waals surface area contributed by atoms with Crippen molar-refractivity contribution in [2.75, 3.05) is 45.9 Å². The van der Waals surface area contributed by atoms with Gasteiger partial charge in [0, 0.05) is 32.7 Å². The van der Waals surface area contributed by atoms with Crippen molar-refractivity contribution in [2.24, 2.45) is 0 Å². The minimum atomic E-state index is -0.805. The van der Waals surface area contributed by atoms with E-state index in [2.05, 4.69) is 15.5 Å². The molecule has 9 heteroatoms. The van der Waals surface area contributed by atoms with Gasteiger partial charge in [0.15, 0.2) is 0 Å². The summed E-state index contributed by atoms with van der Waals surface area (Å²) in [5.74, 6) is 0. The van der Waals surface area contributed by atoms with Gasteiger partial charge in [-0.15, -0.1) is 0 Å². The van der Waals surface area contributed by atoms with Crippen molar-refractivity contribution >= 4 is 12.1 Å². The molecule has 0 aromatic rings. The lowest BCUT2D eigenvalue weighted by Gasteiger charge is -2.35. The van der Waals surface area contributed by atoms with E-state index in [4.69, 9.17) is 14.2 Å². The Morgan fingerprint density at radius 3 is 2.43 bits per heavy atom. The number of rotatable bonds is 5. The van der Waals surface area contributed by atoms with Crippen molar-refractivity contribution in [2.45, 2.75) is 65.0 Å². The molecule has 28 heavy (non-hydrogen) atoms. The largest absolute Gasteiger partial charge is 0.444 e. The van der Waals surface area contributed by atoms with Crippen LogP contribution in [0.25, 0.3) is 0 Å². The maximum atomic E-state index is 12.7. The van der Waals surface area contributed by atoms with Gasteiger partial charge in [0.05, 0.1) is 25.4 Å². The van der Waals surface area contributed by atoms with E-state index in [1.807, 2.05) is 41.5 Å². The normalized spacial score (nSPS) is 25.4. The number of carbonyl (C=O) groups is 2. The van der Waals surface area contributed by atoms with E-state index in [9.17, 15) is 9.59 Å². The zero-order chi connectivity index (χ0) is 20.9. The summed E-state index contributed by atoms with van der Waals surface area (Å²) < 4.78 is 16.8. The van der Waals surface area contributed by atoms with Crippen molar-refractivity contribution < 1.29 is 23.8 Å². The van der Waals surface area contributed by atoms with E-state index in [0.29, 0.717) is 6.54 Å². The Morgan fingerprint density at radius 1 is 1.18 bits per heavy atom. The van der Waals surface area contributed by atoms with Gasteiger partial charge in [-0.05, 0) is 41.5 Å². The van der Waals surface area contributed by atoms with Crippen molar-refractivity contribution in [3.8, 4) is 0 Å². The number of ether oxygens (including phenoxy) is 3. The van der Waals surface area contributed by atoms with Crippen LogP contribution in [0.3, 0.4) is 0 Å². The lowest BCUT2D eigenvalue weighted by Crippen LogP contribution is -2.54. The van der Waals surface area contributed by atoms with Gasteiger partial charge in [-0.1, -0.05) is 0 Å². The summed E-state index contributed by atoms with van der Waals surface area (Å²) in [5.41, 5.74) is -1.41. The standard InChI is InChI=1S/C19H36N4O5/c1-14-15(23(19(5,6)27-14)17(25)28-18(2,3)4)13-21-16(24)20-7-8-22-9-11-26-12-10-22/h14-15H,7-13H2,1-6H3,(H2,20,21,24)/t14-,15-/m0/s1. The number of morpholine rings is 1. The van der Waals surface area contributed by atoms with Crippen LogP contribution in [0.2, 0.25) is 0 Å². The molecule has 2 aliphatic rings. The van der Waals surface area contributed by atoms with Gasteiger partial charge >= 0.3 is 12.1 Å². The molecular weight excluding hydrogens is 364 g/mol. The van der Waals surface area contributed by atoms with Gasteiger partial charge in [-0.2, -0.15) is 0 Å². The van der Waals surface area contributed by atoms with Crippen molar-refractivity contribution in [1.29, 1.82) is 0 Å². The average molecular weight is 401 g/mol. The molecule has 0 spiro atoms. The van der Waals surface area contributed by atoms with Crippen molar-refractivity contribution in [1.82, 2.24) is 20.4 Å². The lowest BCUT2D eigenvalue weighted by atomic mass is 10.1. The molecule has 0 radical (unpaired) electrons. The summed E-state index contributed by atoms with van der Waals surface area (Å²) in [4.78, 5) is 28.7. The van der Waals surface area contributed by atoms with E-state index in [1.54, 1.807) is 4.90 Å². The number of nitrogens with one attached hydrogen (secondary N) is 2. The van der Waals surface area contributed by atoms with Crippen molar-refractivity contribution in [3.63, 3.8) is 0 Å². The van der Waals surface area contributed by atoms with E-state index in [1.165, 1.54) is 0 Å². The fraction of sp³-hybridized carbons (Fsp3) is 0.895. The van der Waals surface area contributed by atoms with Crippen LogP contribution >= 0.6 is 0 Å². The third kappa shape index (κ3) is 6.49. The number of hydrogen-bond acceptors (Lipinski definition) is 6. The molecule has 162 valence electrons. The van der Waals surface area contributed by atoms with Crippen LogP contribution in [-0.2, 0) is 14.2 Å². The van der Waals surface area contributed by atoms with Crippen LogP contribution in [0.1, 0.15) is 41.5 Å². The minimum Gasteiger partial charge on any atom is -0.444 e. The Balaban J connectivity index is 1.83. The smallest absolute Gasteiger partial charge is 0.412 e. The van der Waals surface area contributed by atoms with Crippen LogP contribution in [0.5, 0.6) is 0 Å². The molecular formula is C19H36N4O5. The van der Waals surface area contributed by atoms with E-state index in [-0.39, 0.29) is 24.7 Å². The highest BCUT2D eigenvalue weighted by molar-refractivity contribution is 5.74. The Labute approximate surface area is 168 Å². The van der Waals surface area contributed by atoms with E-state index < -0.39 is 17.4 Å². The van der Waals surface area contributed by atoms with Gasteiger partial charge in [0.25, 0.3) is 0 Å². The first-order valence-electron chi connectivity index (χ1n) is 10.0. The van der Waals surface area contributed by atoms with Gasteiger partial charge in [-0.25, -0.2) is 9.59 Å². The van der Waals surface area contributed by atoms with Gasteiger partial charge < -0.3 is 24.8 Å². The molecule has 0 aromatic carbocycles. The molecule has 0 unspecified atom stereocenters. The van der Waals surface area contributed by atoms with E-state index >= 15 is 0 Å². The van der Waals surface area contributed by atoms with Crippen LogP contribution in [0.15, 0.2) is 0 Å². The van der Waals surface area contributed by atoms with Gasteiger partial charge in [0.2, 0.25) is 0 Å². The summed E-state index contributed by atoms with van der Waals surface area (Å²) in [6.07, 6.45) is -0.669. The summed E-state index contributed by atoms with van der Waals surface area (Å²) in [7, 11) is 0. The third-order valence-electron chi connectivity index (χ3n) is 4.81. The minimum absolute atomic E-state index is 0.226. The van der Waals surface area contributed by atoms with Crippen molar-refractivity contribution in [3.05, 3.63) is 0 Å². The predicted octanol–water partition coefficient (Wildman–Crippen LogP) is 1.38. The highest BCUT2D eigenvalue weighted by Gasteiger charge is 2.49. The average Bonchev–Trinajstić information content (AvgIpc) is 2.80. The second kappa shape index (κ2) is 9.28. The number of hydrogen-bond donors (Lipinski definition) is 2. The molecule has 2 heterocycles. The highest BCUT2D eigenvalue weighted by Crippen LogP contribution is 2.33. The lowest BCUT2D eigenvalue weighted by molar-refractivity contribution is -0.0756. The molecule has 0 aliphatic carbocycles. The number of carbonyl (C=O) groups excluding carboxylic acids is 2.